The Labute approximate surface area is 168 Å². The molecule has 1 heterocycles. The molecule has 10 heteroatoms. The molecule has 1 aromatic heterocycles. The molecule has 2 aromatic rings. The van der Waals surface area contributed by atoms with Gasteiger partial charge >= 0.3 is 12.1 Å². The number of amides is 1. The van der Waals surface area contributed by atoms with Gasteiger partial charge in [-0.05, 0) is 36.8 Å². The van der Waals surface area contributed by atoms with Gasteiger partial charge in [-0.1, -0.05) is 23.7 Å². The molecule has 0 fully saturated rings. The fraction of sp³-hybridized carbons (Fsp3) is 0.211. The van der Waals surface area contributed by atoms with Crippen molar-refractivity contribution in [3.05, 3.63) is 69.1 Å². The highest BCUT2D eigenvalue weighted by molar-refractivity contribution is 6.30. The van der Waals surface area contributed by atoms with Gasteiger partial charge in [-0.2, -0.15) is 13.2 Å². The van der Waals surface area contributed by atoms with E-state index in [9.17, 15) is 27.6 Å². The summed E-state index contributed by atoms with van der Waals surface area (Å²) in [6.45, 7) is 1.30. The van der Waals surface area contributed by atoms with Crippen molar-refractivity contribution in [1.82, 2.24) is 4.57 Å². The summed E-state index contributed by atoms with van der Waals surface area (Å²) in [7, 11) is 0. The van der Waals surface area contributed by atoms with Crippen molar-refractivity contribution >= 4 is 35.2 Å². The predicted octanol–water partition coefficient (Wildman–Crippen LogP) is 3.74. The lowest BCUT2D eigenvalue weighted by Crippen LogP contribution is -2.29. The van der Waals surface area contributed by atoms with E-state index in [4.69, 9.17) is 16.3 Å². The molecule has 0 aliphatic rings. The molecule has 6 nitrogen and oxygen atoms in total. The van der Waals surface area contributed by atoms with E-state index in [0.29, 0.717) is 28.1 Å². The smallest absolute Gasteiger partial charge is 0.417 e. The Balaban J connectivity index is 2.07. The van der Waals surface area contributed by atoms with E-state index >= 15 is 0 Å². The number of halogens is 4. The van der Waals surface area contributed by atoms with Gasteiger partial charge in [0.05, 0.1) is 12.2 Å². The van der Waals surface area contributed by atoms with Crippen molar-refractivity contribution < 1.29 is 27.5 Å². The molecular formula is C19H16ClF3N2O4. The molecule has 0 saturated heterocycles. The molecule has 0 aliphatic heterocycles. The zero-order valence-electron chi connectivity index (χ0n) is 15.1. The van der Waals surface area contributed by atoms with Gasteiger partial charge in [-0.3, -0.25) is 9.59 Å². The van der Waals surface area contributed by atoms with Crippen molar-refractivity contribution in [3.8, 4) is 0 Å². The molecule has 0 bridgehead atoms. The van der Waals surface area contributed by atoms with E-state index < -0.39 is 40.7 Å². The average molecular weight is 429 g/mol. The molecule has 0 atom stereocenters. The second-order valence-corrected chi connectivity index (χ2v) is 6.17. The first kappa shape index (κ1) is 22.2. The number of nitrogens with zero attached hydrogens (tertiary/aromatic N) is 1. The molecular weight excluding hydrogens is 413 g/mol. The van der Waals surface area contributed by atoms with Crippen LogP contribution < -0.4 is 10.9 Å². The van der Waals surface area contributed by atoms with Crippen LogP contribution in [0.1, 0.15) is 18.1 Å². The minimum Gasteiger partial charge on any atom is -0.463 e. The zero-order chi connectivity index (χ0) is 21.6. The van der Waals surface area contributed by atoms with Crippen LogP contribution in [0, 0.1) is 0 Å². The number of aromatic nitrogens is 1. The van der Waals surface area contributed by atoms with Crippen molar-refractivity contribution in [1.29, 1.82) is 0 Å². The van der Waals surface area contributed by atoms with Gasteiger partial charge in [0.25, 0.3) is 5.56 Å². The van der Waals surface area contributed by atoms with E-state index in [1.54, 1.807) is 19.1 Å². The summed E-state index contributed by atoms with van der Waals surface area (Å²) in [5.41, 5.74) is -1.02. The maximum atomic E-state index is 12.8. The van der Waals surface area contributed by atoms with Crippen LogP contribution in [0.5, 0.6) is 0 Å². The SMILES string of the molecule is CCOC(=O)/C=C/c1ccc(NC(=O)Cn2cc(C(F)(F)F)cc(Cl)c2=O)cc1. The molecule has 0 saturated carbocycles. The van der Waals surface area contributed by atoms with E-state index in [0.717, 1.165) is 0 Å². The number of anilines is 1. The fourth-order valence-electron chi connectivity index (χ4n) is 2.26. The molecule has 0 aliphatic carbocycles. The van der Waals surface area contributed by atoms with E-state index in [1.807, 2.05) is 0 Å². The molecule has 2 rings (SSSR count). The van der Waals surface area contributed by atoms with Crippen LogP contribution in [0.2, 0.25) is 5.02 Å². The molecule has 1 amide bonds. The standard InChI is InChI=1S/C19H16ClF3N2O4/c1-2-29-17(27)8-5-12-3-6-14(7-4-12)24-16(26)11-25-10-13(19(21,22)23)9-15(20)18(25)28/h3-10H,2,11H2,1H3,(H,24,26)/b8-5+. The second kappa shape index (κ2) is 9.42. The van der Waals surface area contributed by atoms with E-state index in [1.165, 1.54) is 24.3 Å². The number of rotatable bonds is 6. The van der Waals surface area contributed by atoms with E-state index in [2.05, 4.69) is 5.32 Å². The fourth-order valence-corrected chi connectivity index (χ4v) is 2.49. The number of hydrogen-bond acceptors (Lipinski definition) is 4. The first-order valence-corrected chi connectivity index (χ1v) is 8.70. The minimum absolute atomic E-state index is 0.258. The lowest BCUT2D eigenvalue weighted by molar-refractivity contribution is -0.138. The maximum Gasteiger partial charge on any atom is 0.417 e. The largest absolute Gasteiger partial charge is 0.463 e. The van der Waals surface area contributed by atoms with Gasteiger partial charge in [0.15, 0.2) is 0 Å². The number of ether oxygens (including phenoxy) is 1. The first-order valence-electron chi connectivity index (χ1n) is 8.32. The summed E-state index contributed by atoms with van der Waals surface area (Å²) in [6, 6.07) is 6.80. The zero-order valence-corrected chi connectivity index (χ0v) is 15.9. The number of pyridine rings is 1. The first-order chi connectivity index (χ1) is 13.6. The quantitative estimate of drug-likeness (QED) is 0.561. The summed E-state index contributed by atoms with van der Waals surface area (Å²) >= 11 is 5.55. The normalized spacial score (nSPS) is 11.5. The van der Waals surface area contributed by atoms with E-state index in [-0.39, 0.29) is 6.61 Å². The van der Waals surface area contributed by atoms with Crippen LogP contribution in [-0.4, -0.2) is 23.1 Å². The van der Waals surface area contributed by atoms with Crippen LogP contribution in [0.3, 0.4) is 0 Å². The Morgan fingerprint density at radius 1 is 1.24 bits per heavy atom. The van der Waals surface area contributed by atoms with Crippen LogP contribution in [0.15, 0.2) is 47.4 Å². The number of alkyl halides is 3. The molecule has 29 heavy (non-hydrogen) atoms. The Morgan fingerprint density at radius 2 is 1.90 bits per heavy atom. The minimum atomic E-state index is -4.71. The Kier molecular flexibility index (Phi) is 7.22. The Hall–Kier alpha value is -3.07. The number of nitrogens with one attached hydrogen (secondary N) is 1. The van der Waals surface area contributed by atoms with Crippen LogP contribution in [-0.2, 0) is 27.0 Å². The van der Waals surface area contributed by atoms with Crippen LogP contribution in [0.4, 0.5) is 18.9 Å². The summed E-state index contributed by atoms with van der Waals surface area (Å²) < 4.78 is 43.9. The van der Waals surface area contributed by atoms with Crippen LogP contribution in [0.25, 0.3) is 6.08 Å². The van der Waals surface area contributed by atoms with Gasteiger partial charge in [0.1, 0.15) is 11.6 Å². The highest BCUT2D eigenvalue weighted by atomic mass is 35.5. The number of benzene rings is 1. The summed E-state index contributed by atoms with van der Waals surface area (Å²) in [5, 5.41) is 1.84. The van der Waals surface area contributed by atoms with Gasteiger partial charge < -0.3 is 14.6 Å². The lowest BCUT2D eigenvalue weighted by Gasteiger charge is -2.12. The second-order valence-electron chi connectivity index (χ2n) is 5.76. The summed E-state index contributed by atoms with van der Waals surface area (Å²) in [6.07, 6.45) is -1.39. The monoisotopic (exact) mass is 428 g/mol. The van der Waals surface area contributed by atoms with Crippen molar-refractivity contribution in [3.63, 3.8) is 0 Å². The lowest BCUT2D eigenvalue weighted by atomic mass is 10.2. The molecule has 154 valence electrons. The van der Waals surface area contributed by atoms with Gasteiger partial charge in [0.2, 0.25) is 5.91 Å². The maximum absolute atomic E-state index is 12.8. The summed E-state index contributed by atoms with van der Waals surface area (Å²) in [5.74, 6) is -1.20. The number of carbonyl (C=O) groups is 2. The highest BCUT2D eigenvalue weighted by Gasteiger charge is 2.32. The van der Waals surface area contributed by atoms with Gasteiger partial charge in [-0.15, -0.1) is 0 Å². The predicted molar refractivity (Wildman–Crippen MR) is 101 cm³/mol. The number of carbonyl (C=O) groups excluding carboxylic acids is 2. The molecule has 0 spiro atoms. The van der Waals surface area contributed by atoms with Gasteiger partial charge in [0, 0.05) is 18.0 Å². The average Bonchev–Trinajstić information content (AvgIpc) is 2.64. The van der Waals surface area contributed by atoms with Crippen molar-refractivity contribution in [2.45, 2.75) is 19.6 Å². The third-order valence-corrected chi connectivity index (χ3v) is 3.85. The third kappa shape index (κ3) is 6.49. The van der Waals surface area contributed by atoms with Gasteiger partial charge in [-0.25, -0.2) is 4.79 Å². The molecule has 1 aromatic carbocycles. The molecule has 0 unspecified atom stereocenters. The molecule has 1 N–H and O–H groups in total. The topological polar surface area (TPSA) is 77.4 Å². The Bertz CT molecular complexity index is 982. The number of hydrogen-bond donors (Lipinski definition) is 1. The molecule has 0 radical (unpaired) electrons. The Morgan fingerprint density at radius 3 is 2.48 bits per heavy atom. The highest BCUT2D eigenvalue weighted by Crippen LogP contribution is 2.29. The third-order valence-electron chi connectivity index (χ3n) is 3.58. The summed E-state index contributed by atoms with van der Waals surface area (Å²) in [4.78, 5) is 35.3. The number of esters is 1. The van der Waals surface area contributed by atoms with Crippen molar-refractivity contribution in [2.24, 2.45) is 0 Å². The van der Waals surface area contributed by atoms with Crippen LogP contribution >= 0.6 is 11.6 Å². The van der Waals surface area contributed by atoms with Crippen molar-refractivity contribution in [2.75, 3.05) is 11.9 Å².